The number of thiophene rings is 1. The summed E-state index contributed by atoms with van der Waals surface area (Å²) in [4.78, 5) is 15.7. The van der Waals surface area contributed by atoms with E-state index in [4.69, 9.17) is 0 Å². The van der Waals surface area contributed by atoms with Gasteiger partial charge in [0.25, 0.3) is 0 Å². The normalized spacial score (nSPS) is 19.3. The molecule has 1 aliphatic heterocycles. The lowest BCUT2D eigenvalue weighted by atomic mass is 10.2. The van der Waals surface area contributed by atoms with Crippen molar-refractivity contribution in [1.29, 1.82) is 0 Å². The van der Waals surface area contributed by atoms with Crippen molar-refractivity contribution in [2.24, 2.45) is 0 Å². The molecule has 0 aliphatic carbocycles. The van der Waals surface area contributed by atoms with Crippen molar-refractivity contribution in [3.8, 4) is 10.4 Å². The number of nitrogens with zero attached hydrogens (tertiary/aromatic N) is 1. The van der Waals surface area contributed by atoms with E-state index in [1.54, 1.807) is 11.3 Å². The van der Waals surface area contributed by atoms with Crippen LogP contribution in [0.15, 0.2) is 42.5 Å². The highest BCUT2D eigenvalue weighted by Crippen LogP contribution is 2.30. The predicted molar refractivity (Wildman–Crippen MR) is 80.8 cm³/mol. The maximum Gasteiger partial charge on any atom is 0.320 e. The number of carbonyl (C=O) groups is 1. The molecule has 104 valence electrons. The summed E-state index contributed by atoms with van der Waals surface area (Å²) >= 11 is 1.75. The zero-order valence-electron chi connectivity index (χ0n) is 11.2. The van der Waals surface area contributed by atoms with E-state index in [0.29, 0.717) is 0 Å². The van der Waals surface area contributed by atoms with Crippen LogP contribution in [0.4, 0.5) is 0 Å². The van der Waals surface area contributed by atoms with Crippen molar-refractivity contribution < 1.29 is 9.90 Å². The number of likely N-dealkylation sites (tertiary alicyclic amines) is 1. The van der Waals surface area contributed by atoms with Crippen LogP contribution < -0.4 is 0 Å². The molecule has 2 aromatic rings. The van der Waals surface area contributed by atoms with Gasteiger partial charge >= 0.3 is 5.97 Å². The Kier molecular flexibility index (Phi) is 3.85. The average Bonchev–Trinajstić information content (AvgIpc) is 3.09. The Bertz CT molecular complexity index is 594. The summed E-state index contributed by atoms with van der Waals surface area (Å²) in [6.45, 7) is 1.63. The SMILES string of the molecule is O=C(O)[C@@H]1CCCN1Cc1ccc(-c2ccccc2)s1. The zero-order chi connectivity index (χ0) is 13.9. The Hall–Kier alpha value is -1.65. The van der Waals surface area contributed by atoms with Crippen molar-refractivity contribution in [3.05, 3.63) is 47.3 Å². The van der Waals surface area contributed by atoms with Crippen molar-refractivity contribution in [3.63, 3.8) is 0 Å². The van der Waals surface area contributed by atoms with Gasteiger partial charge in [-0.15, -0.1) is 11.3 Å². The minimum absolute atomic E-state index is 0.308. The lowest BCUT2D eigenvalue weighted by Gasteiger charge is -2.19. The maximum atomic E-state index is 11.2. The first-order chi connectivity index (χ1) is 9.74. The summed E-state index contributed by atoms with van der Waals surface area (Å²) in [5, 5.41) is 9.21. The van der Waals surface area contributed by atoms with Crippen LogP contribution in [0.5, 0.6) is 0 Å². The fraction of sp³-hybridized carbons (Fsp3) is 0.312. The molecule has 0 unspecified atom stereocenters. The molecular formula is C16H17NO2S. The zero-order valence-corrected chi connectivity index (χ0v) is 12.0. The molecule has 1 atom stereocenters. The van der Waals surface area contributed by atoms with Crippen LogP contribution in [0.3, 0.4) is 0 Å². The molecule has 0 saturated carbocycles. The molecule has 20 heavy (non-hydrogen) atoms. The van der Waals surface area contributed by atoms with Crippen LogP contribution in [0.2, 0.25) is 0 Å². The number of aliphatic carboxylic acids is 1. The molecule has 1 N–H and O–H groups in total. The highest BCUT2D eigenvalue weighted by molar-refractivity contribution is 7.15. The molecule has 0 bridgehead atoms. The smallest absolute Gasteiger partial charge is 0.320 e. The molecule has 4 heteroatoms. The summed E-state index contributed by atoms with van der Waals surface area (Å²) < 4.78 is 0. The molecule has 2 heterocycles. The highest BCUT2D eigenvalue weighted by Gasteiger charge is 2.30. The monoisotopic (exact) mass is 287 g/mol. The summed E-state index contributed by atoms with van der Waals surface area (Å²) in [5.74, 6) is -0.692. The van der Waals surface area contributed by atoms with Gasteiger partial charge < -0.3 is 5.11 Å². The van der Waals surface area contributed by atoms with E-state index in [9.17, 15) is 9.90 Å². The number of hydrogen-bond acceptors (Lipinski definition) is 3. The lowest BCUT2D eigenvalue weighted by Crippen LogP contribution is -2.35. The summed E-state index contributed by atoms with van der Waals surface area (Å²) in [5.41, 5.74) is 1.22. The Morgan fingerprint density at radius 3 is 2.80 bits per heavy atom. The summed E-state index contributed by atoms with van der Waals surface area (Å²) in [7, 11) is 0. The second kappa shape index (κ2) is 5.77. The number of carboxylic acid groups (broad SMARTS) is 1. The van der Waals surface area contributed by atoms with Crippen LogP contribution in [-0.2, 0) is 11.3 Å². The topological polar surface area (TPSA) is 40.5 Å². The molecule has 1 saturated heterocycles. The Morgan fingerprint density at radius 1 is 1.25 bits per heavy atom. The molecule has 3 nitrogen and oxygen atoms in total. The standard InChI is InChI=1S/C16H17NO2S/c18-16(19)14-7-4-10-17(14)11-13-8-9-15(20-13)12-5-2-1-3-6-12/h1-3,5-6,8-9,14H,4,7,10-11H2,(H,18,19)/t14-/m0/s1. The van der Waals surface area contributed by atoms with Gasteiger partial charge in [-0.05, 0) is 37.1 Å². The van der Waals surface area contributed by atoms with Crippen molar-refractivity contribution in [2.45, 2.75) is 25.4 Å². The predicted octanol–water partition coefficient (Wildman–Crippen LogP) is 3.46. The molecule has 3 rings (SSSR count). The van der Waals surface area contributed by atoms with Gasteiger partial charge in [-0.25, -0.2) is 0 Å². The quantitative estimate of drug-likeness (QED) is 0.936. The molecule has 1 aliphatic rings. The van der Waals surface area contributed by atoms with Gasteiger partial charge in [0.2, 0.25) is 0 Å². The maximum absolute atomic E-state index is 11.2. The van der Waals surface area contributed by atoms with Crippen molar-refractivity contribution in [1.82, 2.24) is 4.90 Å². The van der Waals surface area contributed by atoms with E-state index in [1.165, 1.54) is 15.3 Å². The van der Waals surface area contributed by atoms with Gasteiger partial charge in [0.05, 0.1) is 0 Å². The Morgan fingerprint density at radius 2 is 2.05 bits per heavy atom. The Balaban J connectivity index is 1.73. The number of benzene rings is 1. The van der Waals surface area contributed by atoms with Crippen LogP contribution in [0, 0.1) is 0 Å². The molecule has 1 aromatic carbocycles. The van der Waals surface area contributed by atoms with Crippen LogP contribution in [0.25, 0.3) is 10.4 Å². The second-order valence-electron chi connectivity index (χ2n) is 5.10. The molecule has 0 spiro atoms. The third-order valence-corrected chi connectivity index (χ3v) is 4.85. The average molecular weight is 287 g/mol. The fourth-order valence-electron chi connectivity index (χ4n) is 2.72. The lowest BCUT2D eigenvalue weighted by molar-refractivity contribution is -0.142. The number of rotatable bonds is 4. The summed E-state index contributed by atoms with van der Waals surface area (Å²) in [6.07, 6.45) is 1.75. The minimum atomic E-state index is -0.692. The largest absolute Gasteiger partial charge is 0.480 e. The Labute approximate surface area is 122 Å². The fourth-order valence-corrected chi connectivity index (χ4v) is 3.75. The third kappa shape index (κ3) is 2.76. The van der Waals surface area contributed by atoms with Crippen LogP contribution in [0.1, 0.15) is 17.7 Å². The van der Waals surface area contributed by atoms with E-state index >= 15 is 0 Å². The first-order valence-electron chi connectivity index (χ1n) is 6.85. The van der Waals surface area contributed by atoms with Gasteiger partial charge in [0.15, 0.2) is 0 Å². The van der Waals surface area contributed by atoms with E-state index in [-0.39, 0.29) is 6.04 Å². The third-order valence-electron chi connectivity index (χ3n) is 3.73. The number of carboxylic acids is 1. The first kappa shape index (κ1) is 13.3. The highest BCUT2D eigenvalue weighted by atomic mass is 32.1. The van der Waals surface area contributed by atoms with Gasteiger partial charge in [-0.2, -0.15) is 0 Å². The van der Waals surface area contributed by atoms with E-state index in [2.05, 4.69) is 29.2 Å². The van der Waals surface area contributed by atoms with Gasteiger partial charge in [-0.3, -0.25) is 9.69 Å². The van der Waals surface area contributed by atoms with Crippen molar-refractivity contribution in [2.75, 3.05) is 6.54 Å². The van der Waals surface area contributed by atoms with Crippen molar-refractivity contribution >= 4 is 17.3 Å². The van der Waals surface area contributed by atoms with Crippen LogP contribution >= 0.6 is 11.3 Å². The van der Waals surface area contributed by atoms with E-state index < -0.39 is 5.97 Å². The van der Waals surface area contributed by atoms with Gasteiger partial charge in [0, 0.05) is 16.3 Å². The molecule has 0 amide bonds. The molecular weight excluding hydrogens is 270 g/mol. The second-order valence-corrected chi connectivity index (χ2v) is 6.27. The molecule has 1 aromatic heterocycles. The first-order valence-corrected chi connectivity index (χ1v) is 7.66. The van der Waals surface area contributed by atoms with E-state index in [1.807, 2.05) is 18.2 Å². The summed E-state index contributed by atoms with van der Waals surface area (Å²) in [6, 6.07) is 14.2. The van der Waals surface area contributed by atoms with E-state index in [0.717, 1.165) is 25.9 Å². The molecule has 0 radical (unpaired) electrons. The molecule has 1 fully saturated rings. The van der Waals surface area contributed by atoms with Crippen LogP contribution in [-0.4, -0.2) is 28.6 Å². The number of hydrogen-bond donors (Lipinski definition) is 1. The van der Waals surface area contributed by atoms with Gasteiger partial charge in [-0.1, -0.05) is 30.3 Å². The van der Waals surface area contributed by atoms with Gasteiger partial charge in [0.1, 0.15) is 6.04 Å². The minimum Gasteiger partial charge on any atom is -0.480 e.